The summed E-state index contributed by atoms with van der Waals surface area (Å²) < 4.78 is 42.5. The van der Waals surface area contributed by atoms with Crippen LogP contribution in [0.1, 0.15) is 33.6 Å². The van der Waals surface area contributed by atoms with Gasteiger partial charge in [-0.1, -0.05) is 6.92 Å². The van der Waals surface area contributed by atoms with Gasteiger partial charge in [0.2, 0.25) is 5.95 Å². The van der Waals surface area contributed by atoms with Crippen LogP contribution in [0.3, 0.4) is 0 Å². The Hall–Kier alpha value is -2.10. The fraction of sp³-hybridized carbons (Fsp3) is 0.762. The van der Waals surface area contributed by atoms with Gasteiger partial charge in [0.05, 0.1) is 44.4 Å². The molecule has 4 atom stereocenters. The van der Waals surface area contributed by atoms with Crippen LogP contribution in [0.2, 0.25) is 0 Å². The number of fused-ring (bicyclic) bond motifs is 1. The van der Waals surface area contributed by atoms with Gasteiger partial charge in [-0.25, -0.2) is 4.98 Å². The Bertz CT molecular complexity index is 1090. The number of hydrogen-bond donors (Lipinski definition) is 4. The van der Waals surface area contributed by atoms with Gasteiger partial charge in [0.15, 0.2) is 17.0 Å². The van der Waals surface area contributed by atoms with Crippen molar-refractivity contribution >= 4 is 33.1 Å². The number of hydrogen-bond acceptors (Lipinski definition) is 10. The molecule has 2 saturated heterocycles. The fourth-order valence-electron chi connectivity index (χ4n) is 4.27. The normalized spacial score (nSPS) is 23.4. The molecule has 0 aliphatic carbocycles. The lowest BCUT2D eigenvalue weighted by atomic mass is 10.1. The SMILES string of the molecule is CC[C@H](Nc1nc(N[C@H]2CCN(S(=O)(=O)NC[C@@H]3COCCO3)C2)c2ncn(CC)c2n1)[C@@H](C)O. The van der Waals surface area contributed by atoms with E-state index in [1.165, 1.54) is 4.31 Å². The molecule has 0 unspecified atom stereocenters. The Balaban J connectivity index is 1.46. The molecule has 4 heterocycles. The lowest BCUT2D eigenvalue weighted by Crippen LogP contribution is -2.45. The minimum absolute atomic E-state index is 0.141. The van der Waals surface area contributed by atoms with Crippen LogP contribution in [0.5, 0.6) is 0 Å². The first-order valence-corrected chi connectivity index (χ1v) is 13.6. The average Bonchev–Trinajstić information content (AvgIpc) is 3.49. The summed E-state index contributed by atoms with van der Waals surface area (Å²) >= 11 is 0. The highest BCUT2D eigenvalue weighted by Crippen LogP contribution is 2.25. The van der Waals surface area contributed by atoms with Crippen LogP contribution in [-0.4, -0.2) is 101 Å². The van der Waals surface area contributed by atoms with E-state index in [9.17, 15) is 13.5 Å². The molecule has 4 rings (SSSR count). The van der Waals surface area contributed by atoms with Crippen LogP contribution in [0.15, 0.2) is 6.33 Å². The number of nitrogens with one attached hydrogen (secondary N) is 3. The van der Waals surface area contributed by atoms with E-state index < -0.39 is 16.3 Å². The van der Waals surface area contributed by atoms with Gasteiger partial charge in [-0.05, 0) is 26.7 Å². The van der Waals surface area contributed by atoms with Crippen molar-refractivity contribution in [2.75, 3.05) is 50.1 Å². The molecule has 2 aromatic heterocycles. The van der Waals surface area contributed by atoms with Crippen molar-refractivity contribution < 1.29 is 23.0 Å². The molecule has 14 heteroatoms. The number of rotatable bonds is 11. The first kappa shape index (κ1) is 26.0. The first-order chi connectivity index (χ1) is 16.8. The van der Waals surface area contributed by atoms with Gasteiger partial charge in [-0.3, -0.25) is 0 Å². The quantitative estimate of drug-likeness (QED) is 0.327. The van der Waals surface area contributed by atoms with E-state index in [2.05, 4.69) is 30.3 Å². The molecule has 2 fully saturated rings. The highest BCUT2D eigenvalue weighted by molar-refractivity contribution is 7.87. The summed E-state index contributed by atoms with van der Waals surface area (Å²) in [5.41, 5.74) is 1.29. The maximum Gasteiger partial charge on any atom is 0.279 e. The molecule has 0 aromatic carbocycles. The molecule has 4 N–H and O–H groups in total. The molecule has 2 aliphatic rings. The summed E-state index contributed by atoms with van der Waals surface area (Å²) in [7, 11) is -3.65. The second kappa shape index (κ2) is 11.3. The van der Waals surface area contributed by atoms with Gasteiger partial charge in [0.1, 0.15) is 0 Å². The van der Waals surface area contributed by atoms with Crippen molar-refractivity contribution in [3.63, 3.8) is 0 Å². The molecule has 196 valence electrons. The lowest BCUT2D eigenvalue weighted by molar-refractivity contribution is -0.0847. The number of nitrogens with zero attached hydrogens (tertiary/aromatic N) is 5. The van der Waals surface area contributed by atoms with Crippen molar-refractivity contribution in [3.8, 4) is 0 Å². The van der Waals surface area contributed by atoms with Gasteiger partial charge in [-0.2, -0.15) is 27.4 Å². The highest BCUT2D eigenvalue weighted by atomic mass is 32.2. The molecular formula is C21H36N8O5S. The number of imidazole rings is 1. The van der Waals surface area contributed by atoms with E-state index in [-0.39, 0.29) is 24.7 Å². The molecule has 2 aliphatic heterocycles. The van der Waals surface area contributed by atoms with Crippen molar-refractivity contribution in [3.05, 3.63) is 6.33 Å². The third-order valence-electron chi connectivity index (χ3n) is 6.35. The van der Waals surface area contributed by atoms with Gasteiger partial charge in [0, 0.05) is 32.2 Å². The van der Waals surface area contributed by atoms with Crippen LogP contribution >= 0.6 is 0 Å². The van der Waals surface area contributed by atoms with Crippen LogP contribution in [-0.2, 0) is 26.2 Å². The number of ether oxygens (including phenoxy) is 2. The van der Waals surface area contributed by atoms with Crippen LogP contribution < -0.4 is 15.4 Å². The minimum Gasteiger partial charge on any atom is -0.391 e. The summed E-state index contributed by atoms with van der Waals surface area (Å²) in [6.07, 6.45) is 2.19. The third kappa shape index (κ3) is 6.19. The van der Waals surface area contributed by atoms with Crippen molar-refractivity contribution in [1.29, 1.82) is 0 Å². The molecule has 0 bridgehead atoms. The van der Waals surface area contributed by atoms with Gasteiger partial charge in [0.25, 0.3) is 10.2 Å². The third-order valence-corrected chi connectivity index (χ3v) is 7.89. The van der Waals surface area contributed by atoms with E-state index in [4.69, 9.17) is 9.47 Å². The van der Waals surface area contributed by atoms with Gasteiger partial charge in [-0.15, -0.1) is 0 Å². The van der Waals surface area contributed by atoms with Crippen LogP contribution in [0, 0.1) is 0 Å². The van der Waals surface area contributed by atoms with Crippen LogP contribution in [0.25, 0.3) is 11.2 Å². The van der Waals surface area contributed by atoms with Gasteiger partial charge >= 0.3 is 0 Å². The monoisotopic (exact) mass is 512 g/mol. The first-order valence-electron chi connectivity index (χ1n) is 12.2. The van der Waals surface area contributed by atoms with E-state index >= 15 is 0 Å². The Kier molecular flexibility index (Phi) is 8.39. The number of aliphatic hydroxyl groups is 1. The molecule has 2 aromatic rings. The summed E-state index contributed by atoms with van der Waals surface area (Å²) in [4.78, 5) is 13.7. The lowest BCUT2D eigenvalue weighted by Gasteiger charge is -2.24. The molecule has 0 amide bonds. The van der Waals surface area contributed by atoms with E-state index in [1.807, 2.05) is 18.4 Å². The zero-order valence-electron chi connectivity index (χ0n) is 20.5. The maximum atomic E-state index is 12.8. The predicted molar refractivity (Wildman–Crippen MR) is 131 cm³/mol. The summed E-state index contributed by atoms with van der Waals surface area (Å²) in [5.74, 6) is 0.928. The number of anilines is 2. The predicted octanol–water partition coefficient (Wildman–Crippen LogP) is 0.154. The Morgan fingerprint density at radius 3 is 2.80 bits per heavy atom. The second-order valence-electron chi connectivity index (χ2n) is 8.91. The molecule has 13 nitrogen and oxygen atoms in total. The molecule has 35 heavy (non-hydrogen) atoms. The van der Waals surface area contributed by atoms with E-state index in [0.29, 0.717) is 75.2 Å². The Morgan fingerprint density at radius 1 is 1.29 bits per heavy atom. The Labute approximate surface area is 205 Å². The molecule has 0 spiro atoms. The van der Waals surface area contributed by atoms with E-state index in [0.717, 1.165) is 0 Å². The smallest absolute Gasteiger partial charge is 0.279 e. The largest absolute Gasteiger partial charge is 0.391 e. The standard InChI is InChI=1S/C21H36N8O5S/c1-4-17(14(3)30)25-21-26-19(18-20(27-21)28(5-2)13-22-18)24-15-6-7-29(11-15)35(31,32)23-10-16-12-33-8-9-34-16/h13-17,23,30H,4-12H2,1-3H3,(H2,24,25,26,27)/t14-,15+,16-,17+/m1/s1. The number of aryl methyl sites for hydroxylation is 1. The second-order valence-corrected chi connectivity index (χ2v) is 10.7. The summed E-state index contributed by atoms with van der Waals surface area (Å²) in [6.45, 7) is 8.64. The van der Waals surface area contributed by atoms with E-state index in [1.54, 1.807) is 13.3 Å². The fourth-order valence-corrected chi connectivity index (χ4v) is 5.57. The summed E-state index contributed by atoms with van der Waals surface area (Å²) in [6, 6.07) is -0.340. The van der Waals surface area contributed by atoms with Gasteiger partial charge < -0.3 is 29.8 Å². The zero-order valence-corrected chi connectivity index (χ0v) is 21.3. The molecule has 0 radical (unpaired) electrons. The summed E-state index contributed by atoms with van der Waals surface area (Å²) in [5, 5.41) is 16.6. The number of aromatic nitrogens is 4. The minimum atomic E-state index is -3.65. The average molecular weight is 513 g/mol. The highest BCUT2D eigenvalue weighted by Gasteiger charge is 2.33. The number of aliphatic hydroxyl groups excluding tert-OH is 1. The topological polar surface area (TPSA) is 156 Å². The molecular weight excluding hydrogens is 476 g/mol. The zero-order chi connectivity index (χ0) is 25.0. The van der Waals surface area contributed by atoms with Crippen molar-refractivity contribution in [2.24, 2.45) is 0 Å². The maximum absolute atomic E-state index is 12.8. The Morgan fingerprint density at radius 2 is 2.11 bits per heavy atom. The van der Waals surface area contributed by atoms with Crippen molar-refractivity contribution in [1.82, 2.24) is 28.5 Å². The van der Waals surface area contributed by atoms with Crippen molar-refractivity contribution in [2.45, 2.75) is 64.4 Å². The molecule has 0 saturated carbocycles. The van der Waals surface area contributed by atoms with Crippen LogP contribution in [0.4, 0.5) is 11.8 Å².